The van der Waals surface area contributed by atoms with Crippen LogP contribution in [0.1, 0.15) is 17.0 Å². The lowest BCUT2D eigenvalue weighted by Gasteiger charge is -2.15. The van der Waals surface area contributed by atoms with E-state index in [1.54, 1.807) is 11.3 Å². The Hall–Kier alpha value is -0.830. The fourth-order valence-corrected chi connectivity index (χ4v) is 2.83. The summed E-state index contributed by atoms with van der Waals surface area (Å²) < 4.78 is 0. The van der Waals surface area contributed by atoms with Crippen LogP contribution in [0.3, 0.4) is 0 Å². The highest BCUT2D eigenvalue weighted by Gasteiger charge is 2.11. The minimum atomic E-state index is 0.535. The maximum absolute atomic E-state index is 5.90. The van der Waals surface area contributed by atoms with E-state index >= 15 is 0 Å². The molecule has 1 aromatic carbocycles. The summed E-state index contributed by atoms with van der Waals surface area (Å²) in [4.78, 5) is 0. The molecule has 0 bridgehead atoms. The third-order valence-electron chi connectivity index (χ3n) is 2.86. The Kier molecular flexibility index (Phi) is 4.60. The Labute approximate surface area is 111 Å². The van der Waals surface area contributed by atoms with Gasteiger partial charge in [0, 0.05) is 17.5 Å². The first-order valence-corrected chi connectivity index (χ1v) is 7.03. The molecule has 0 spiro atoms. The Balaban J connectivity index is 2.10. The number of benzene rings is 1. The van der Waals surface area contributed by atoms with Gasteiger partial charge in [0.25, 0.3) is 0 Å². The molecule has 0 saturated heterocycles. The molecule has 17 heavy (non-hydrogen) atoms. The molecule has 2 rings (SSSR count). The molecule has 1 heterocycles. The molecule has 1 unspecified atom stereocenters. The second kappa shape index (κ2) is 6.20. The van der Waals surface area contributed by atoms with Crippen molar-refractivity contribution in [3.8, 4) is 0 Å². The normalized spacial score (nSPS) is 12.6. The minimum absolute atomic E-state index is 0.535. The maximum Gasteiger partial charge on any atom is 0.0406 e. The predicted molar refractivity (Wildman–Crippen MR) is 76.1 cm³/mol. The highest BCUT2D eigenvalue weighted by Crippen LogP contribution is 2.23. The van der Waals surface area contributed by atoms with Crippen LogP contribution in [0.25, 0.3) is 0 Å². The summed E-state index contributed by atoms with van der Waals surface area (Å²) in [5.41, 5.74) is 2.75. The van der Waals surface area contributed by atoms with Gasteiger partial charge in [0.1, 0.15) is 0 Å². The minimum Gasteiger partial charge on any atom is -0.319 e. The molecule has 1 nitrogen and oxygen atoms in total. The summed E-state index contributed by atoms with van der Waals surface area (Å²) in [6.07, 6.45) is 1.05. The number of thiophene rings is 1. The van der Waals surface area contributed by atoms with E-state index in [1.807, 2.05) is 19.2 Å². The standard InChI is InChI=1S/C14H16ClNS/c1-16-9-13(12-6-7-17-10-12)8-11-2-4-14(15)5-3-11/h2-7,10,13,16H,8-9H2,1H3. The molecular weight excluding hydrogens is 250 g/mol. The maximum atomic E-state index is 5.90. The number of hydrogen-bond donors (Lipinski definition) is 1. The Morgan fingerprint density at radius 1 is 1.24 bits per heavy atom. The summed E-state index contributed by atoms with van der Waals surface area (Å²) in [6.45, 7) is 0.999. The highest BCUT2D eigenvalue weighted by molar-refractivity contribution is 7.07. The zero-order valence-corrected chi connectivity index (χ0v) is 11.4. The first kappa shape index (κ1) is 12.6. The van der Waals surface area contributed by atoms with Gasteiger partial charge < -0.3 is 5.32 Å². The van der Waals surface area contributed by atoms with Gasteiger partial charge in [-0.25, -0.2) is 0 Å². The second-order valence-corrected chi connectivity index (χ2v) is 5.36. The quantitative estimate of drug-likeness (QED) is 0.863. The van der Waals surface area contributed by atoms with Gasteiger partial charge in [0.2, 0.25) is 0 Å². The smallest absolute Gasteiger partial charge is 0.0406 e. The summed E-state index contributed by atoms with van der Waals surface area (Å²) in [7, 11) is 2.00. The molecule has 90 valence electrons. The van der Waals surface area contributed by atoms with E-state index in [2.05, 4.69) is 34.3 Å². The van der Waals surface area contributed by atoms with Crippen LogP contribution in [0, 0.1) is 0 Å². The van der Waals surface area contributed by atoms with E-state index in [0.717, 1.165) is 18.0 Å². The zero-order chi connectivity index (χ0) is 12.1. The number of hydrogen-bond acceptors (Lipinski definition) is 2. The Bertz CT molecular complexity index is 436. The van der Waals surface area contributed by atoms with Crippen LogP contribution in [0.2, 0.25) is 5.02 Å². The van der Waals surface area contributed by atoms with E-state index in [4.69, 9.17) is 11.6 Å². The van der Waals surface area contributed by atoms with Crippen molar-refractivity contribution in [1.82, 2.24) is 5.32 Å². The van der Waals surface area contributed by atoms with Crippen LogP contribution in [-0.4, -0.2) is 13.6 Å². The van der Waals surface area contributed by atoms with E-state index in [1.165, 1.54) is 11.1 Å². The molecule has 0 radical (unpaired) electrons. The summed E-state index contributed by atoms with van der Waals surface area (Å²) >= 11 is 7.66. The SMILES string of the molecule is CNCC(Cc1ccc(Cl)cc1)c1ccsc1. The second-order valence-electron chi connectivity index (χ2n) is 4.14. The first-order valence-electron chi connectivity index (χ1n) is 5.70. The third kappa shape index (κ3) is 3.56. The Morgan fingerprint density at radius 2 is 2.00 bits per heavy atom. The first-order chi connectivity index (χ1) is 8.29. The van der Waals surface area contributed by atoms with Crippen LogP contribution >= 0.6 is 22.9 Å². The van der Waals surface area contributed by atoms with Gasteiger partial charge in [0.05, 0.1) is 0 Å². The molecule has 1 N–H and O–H groups in total. The summed E-state index contributed by atoms with van der Waals surface area (Å²) in [5, 5.41) is 8.44. The molecular formula is C14H16ClNS. The highest BCUT2D eigenvalue weighted by atomic mass is 35.5. The van der Waals surface area contributed by atoms with Crippen molar-refractivity contribution in [2.45, 2.75) is 12.3 Å². The van der Waals surface area contributed by atoms with Crippen molar-refractivity contribution in [2.24, 2.45) is 0 Å². The molecule has 1 aromatic heterocycles. The molecule has 1 atom stereocenters. The average molecular weight is 266 g/mol. The van der Waals surface area contributed by atoms with Gasteiger partial charge in [-0.05, 0) is 53.6 Å². The predicted octanol–water partition coefficient (Wildman–Crippen LogP) is 3.95. The van der Waals surface area contributed by atoms with Gasteiger partial charge in [-0.1, -0.05) is 23.7 Å². The van der Waals surface area contributed by atoms with Crippen LogP contribution in [0.5, 0.6) is 0 Å². The lowest BCUT2D eigenvalue weighted by atomic mass is 9.94. The molecule has 0 aliphatic carbocycles. The number of halogens is 1. The number of nitrogens with one attached hydrogen (secondary N) is 1. The molecule has 0 aliphatic heterocycles. The molecule has 0 fully saturated rings. The van der Waals surface area contributed by atoms with Crippen LogP contribution in [0.15, 0.2) is 41.1 Å². The van der Waals surface area contributed by atoms with Crippen LogP contribution in [0.4, 0.5) is 0 Å². The summed E-state index contributed by atoms with van der Waals surface area (Å²) in [6, 6.07) is 10.3. The van der Waals surface area contributed by atoms with Crippen molar-refractivity contribution >= 4 is 22.9 Å². The lowest BCUT2D eigenvalue weighted by Crippen LogP contribution is -2.18. The van der Waals surface area contributed by atoms with Gasteiger partial charge in [-0.3, -0.25) is 0 Å². The Morgan fingerprint density at radius 3 is 2.59 bits per heavy atom. The van der Waals surface area contributed by atoms with Crippen LogP contribution < -0.4 is 5.32 Å². The van der Waals surface area contributed by atoms with Crippen molar-refractivity contribution < 1.29 is 0 Å². The van der Waals surface area contributed by atoms with Gasteiger partial charge >= 0.3 is 0 Å². The molecule has 0 amide bonds. The third-order valence-corrected chi connectivity index (χ3v) is 3.81. The van der Waals surface area contributed by atoms with Crippen LogP contribution in [-0.2, 0) is 6.42 Å². The van der Waals surface area contributed by atoms with E-state index in [-0.39, 0.29) is 0 Å². The van der Waals surface area contributed by atoms with E-state index in [0.29, 0.717) is 5.92 Å². The fourth-order valence-electron chi connectivity index (χ4n) is 1.97. The van der Waals surface area contributed by atoms with Crippen molar-refractivity contribution in [1.29, 1.82) is 0 Å². The van der Waals surface area contributed by atoms with E-state index < -0.39 is 0 Å². The largest absolute Gasteiger partial charge is 0.319 e. The van der Waals surface area contributed by atoms with Gasteiger partial charge in [-0.15, -0.1) is 0 Å². The average Bonchev–Trinajstić information content (AvgIpc) is 2.85. The number of likely N-dealkylation sites (N-methyl/N-ethyl adjacent to an activating group) is 1. The van der Waals surface area contributed by atoms with E-state index in [9.17, 15) is 0 Å². The molecule has 3 heteroatoms. The molecule has 2 aromatic rings. The van der Waals surface area contributed by atoms with Gasteiger partial charge in [-0.2, -0.15) is 11.3 Å². The molecule has 0 saturated carbocycles. The van der Waals surface area contributed by atoms with Crippen molar-refractivity contribution in [3.63, 3.8) is 0 Å². The lowest BCUT2D eigenvalue weighted by molar-refractivity contribution is 0.627. The van der Waals surface area contributed by atoms with Crippen molar-refractivity contribution in [3.05, 3.63) is 57.2 Å². The summed E-state index contributed by atoms with van der Waals surface area (Å²) in [5.74, 6) is 0.535. The molecule has 0 aliphatic rings. The van der Waals surface area contributed by atoms with Gasteiger partial charge in [0.15, 0.2) is 0 Å². The zero-order valence-electron chi connectivity index (χ0n) is 9.82. The fraction of sp³-hybridized carbons (Fsp3) is 0.286. The number of rotatable bonds is 5. The topological polar surface area (TPSA) is 12.0 Å². The monoisotopic (exact) mass is 265 g/mol. The van der Waals surface area contributed by atoms with Crippen molar-refractivity contribution in [2.75, 3.05) is 13.6 Å².